The second kappa shape index (κ2) is 9.24. The van der Waals surface area contributed by atoms with Crippen molar-refractivity contribution in [3.63, 3.8) is 0 Å². The van der Waals surface area contributed by atoms with Crippen molar-refractivity contribution in [3.05, 3.63) is 78.6 Å². The van der Waals surface area contributed by atoms with Gasteiger partial charge in [-0.05, 0) is 36.6 Å². The third kappa shape index (κ3) is 4.96. The lowest BCUT2D eigenvalue weighted by Gasteiger charge is -2.19. The second-order valence-corrected chi connectivity index (χ2v) is 9.52. The SMILES string of the molecule is C=C(NCCNS(=C)(=O)c1cccc2c(N(C)C)cccc12)Nc1ccccc1C. The van der Waals surface area contributed by atoms with Gasteiger partial charge in [0.25, 0.3) is 0 Å². The van der Waals surface area contributed by atoms with E-state index in [9.17, 15) is 4.21 Å². The molecule has 0 saturated carbocycles. The van der Waals surface area contributed by atoms with Gasteiger partial charge in [-0.15, -0.1) is 0 Å². The van der Waals surface area contributed by atoms with Crippen LogP contribution in [0.3, 0.4) is 0 Å². The molecular weight excluding hydrogens is 392 g/mol. The lowest BCUT2D eigenvalue weighted by atomic mass is 10.1. The number of para-hydroxylation sites is 1. The molecule has 3 N–H and O–H groups in total. The van der Waals surface area contributed by atoms with E-state index in [4.69, 9.17) is 0 Å². The topological polar surface area (TPSA) is 56.4 Å². The molecule has 30 heavy (non-hydrogen) atoms. The Morgan fingerprint density at radius 3 is 2.40 bits per heavy atom. The van der Waals surface area contributed by atoms with Crippen molar-refractivity contribution in [1.82, 2.24) is 10.0 Å². The summed E-state index contributed by atoms with van der Waals surface area (Å²) in [4.78, 5) is 2.78. The molecule has 0 radical (unpaired) electrons. The minimum Gasteiger partial charge on any atom is -0.377 e. The van der Waals surface area contributed by atoms with Crippen LogP contribution in [0.1, 0.15) is 5.56 Å². The standard InChI is InChI=1S/C24H30N4OS/c1-18-10-6-7-13-22(18)27-19(2)25-16-17-26-30(5,29)24-15-9-11-20-21(24)12-8-14-23(20)28(3)4/h6-15,25,27H,2,5,16-17H2,1,3-4H3,(H,26,29). The Bertz CT molecular complexity index is 1150. The number of hydrogen-bond acceptors (Lipinski definition) is 4. The van der Waals surface area contributed by atoms with Crippen molar-refractivity contribution in [2.75, 3.05) is 37.4 Å². The monoisotopic (exact) mass is 422 g/mol. The lowest BCUT2D eigenvalue weighted by Crippen LogP contribution is -2.32. The summed E-state index contributed by atoms with van der Waals surface area (Å²) in [6, 6.07) is 19.9. The fourth-order valence-electron chi connectivity index (χ4n) is 3.37. The van der Waals surface area contributed by atoms with Crippen LogP contribution in [-0.4, -0.2) is 37.3 Å². The van der Waals surface area contributed by atoms with Gasteiger partial charge < -0.3 is 15.5 Å². The van der Waals surface area contributed by atoms with E-state index in [-0.39, 0.29) is 0 Å². The molecule has 3 aromatic rings. The molecule has 1 unspecified atom stereocenters. The maximum Gasteiger partial charge on any atom is 0.0957 e. The molecule has 0 heterocycles. The Kier molecular flexibility index (Phi) is 6.70. The molecule has 3 aromatic carbocycles. The average molecular weight is 423 g/mol. The van der Waals surface area contributed by atoms with Gasteiger partial charge >= 0.3 is 0 Å². The van der Waals surface area contributed by atoms with Crippen molar-refractivity contribution < 1.29 is 4.21 Å². The number of benzene rings is 3. The minimum absolute atomic E-state index is 0.487. The predicted octanol–water partition coefficient (Wildman–Crippen LogP) is 3.97. The highest BCUT2D eigenvalue weighted by atomic mass is 32.2. The van der Waals surface area contributed by atoms with Crippen LogP contribution in [0.5, 0.6) is 0 Å². The summed E-state index contributed by atoms with van der Waals surface area (Å²) in [5.74, 6) is 4.69. The fourth-order valence-corrected chi connectivity index (χ4v) is 4.79. The van der Waals surface area contributed by atoms with Crippen molar-refractivity contribution in [3.8, 4) is 0 Å². The summed E-state index contributed by atoms with van der Waals surface area (Å²) >= 11 is 0. The first-order valence-electron chi connectivity index (χ1n) is 9.86. The zero-order valence-corrected chi connectivity index (χ0v) is 18.7. The van der Waals surface area contributed by atoms with Gasteiger partial charge in [0.1, 0.15) is 0 Å². The molecule has 0 aliphatic rings. The summed E-state index contributed by atoms with van der Waals surface area (Å²) in [6.07, 6.45) is 0. The Morgan fingerprint density at radius 2 is 1.67 bits per heavy atom. The van der Waals surface area contributed by atoms with Crippen LogP contribution in [0, 0.1) is 6.92 Å². The molecule has 0 aromatic heterocycles. The Labute approximate surface area is 179 Å². The van der Waals surface area contributed by atoms with E-state index in [2.05, 4.69) is 38.8 Å². The first kappa shape index (κ1) is 21.7. The van der Waals surface area contributed by atoms with Gasteiger partial charge in [-0.1, -0.05) is 49.0 Å². The number of nitrogens with one attached hydrogen (secondary N) is 3. The largest absolute Gasteiger partial charge is 0.377 e. The van der Waals surface area contributed by atoms with E-state index in [1.165, 1.54) is 0 Å². The van der Waals surface area contributed by atoms with Gasteiger partial charge in [0.15, 0.2) is 0 Å². The number of hydrogen-bond donors (Lipinski definition) is 3. The van der Waals surface area contributed by atoms with Crippen LogP contribution in [-0.2, 0) is 9.71 Å². The maximum atomic E-state index is 13.4. The summed E-state index contributed by atoms with van der Waals surface area (Å²) in [5.41, 5.74) is 3.24. The quantitative estimate of drug-likeness (QED) is 0.361. The molecular formula is C24H30N4OS. The molecule has 0 fully saturated rings. The first-order chi connectivity index (χ1) is 14.3. The number of anilines is 2. The van der Waals surface area contributed by atoms with E-state index in [0.29, 0.717) is 18.9 Å². The highest BCUT2D eigenvalue weighted by molar-refractivity contribution is 7.98. The summed E-state index contributed by atoms with van der Waals surface area (Å²) < 4.78 is 16.5. The third-order valence-electron chi connectivity index (χ3n) is 4.93. The Morgan fingerprint density at radius 1 is 0.967 bits per heavy atom. The van der Waals surface area contributed by atoms with E-state index in [1.807, 2.05) is 75.6 Å². The highest BCUT2D eigenvalue weighted by Gasteiger charge is 2.13. The smallest absolute Gasteiger partial charge is 0.0957 e. The lowest BCUT2D eigenvalue weighted by molar-refractivity contribution is 0.665. The van der Waals surface area contributed by atoms with Gasteiger partial charge in [0.05, 0.1) is 20.4 Å². The van der Waals surface area contributed by atoms with Gasteiger partial charge in [-0.3, -0.25) is 0 Å². The van der Waals surface area contributed by atoms with Gasteiger partial charge in [-0.2, -0.15) is 0 Å². The zero-order chi connectivity index (χ0) is 21.7. The van der Waals surface area contributed by atoms with Gasteiger partial charge in [-0.25, -0.2) is 8.93 Å². The second-order valence-electron chi connectivity index (χ2n) is 7.44. The van der Waals surface area contributed by atoms with E-state index in [1.54, 1.807) is 0 Å². The molecule has 5 nitrogen and oxygen atoms in total. The fraction of sp³-hybridized carbons (Fsp3) is 0.208. The Balaban J connectivity index is 1.64. The van der Waals surface area contributed by atoms with E-state index >= 15 is 0 Å². The van der Waals surface area contributed by atoms with Crippen molar-refractivity contribution in [1.29, 1.82) is 0 Å². The highest BCUT2D eigenvalue weighted by Crippen LogP contribution is 2.30. The van der Waals surface area contributed by atoms with E-state index in [0.717, 1.165) is 32.6 Å². The third-order valence-corrected chi connectivity index (χ3v) is 6.66. The van der Waals surface area contributed by atoms with Crippen molar-refractivity contribution in [2.45, 2.75) is 11.8 Å². The molecule has 158 valence electrons. The first-order valence-corrected chi connectivity index (χ1v) is 11.6. The van der Waals surface area contributed by atoms with Crippen LogP contribution in [0.2, 0.25) is 0 Å². The average Bonchev–Trinajstić information content (AvgIpc) is 2.72. The summed E-state index contributed by atoms with van der Waals surface area (Å²) in [5, 5.41) is 8.49. The summed E-state index contributed by atoms with van der Waals surface area (Å²) in [6.45, 7) is 7.11. The van der Waals surface area contributed by atoms with Gasteiger partial charge in [0, 0.05) is 49.3 Å². The predicted molar refractivity (Wildman–Crippen MR) is 132 cm³/mol. The molecule has 0 amide bonds. The number of nitrogens with zero attached hydrogens (tertiary/aromatic N) is 1. The van der Waals surface area contributed by atoms with Crippen molar-refractivity contribution >= 4 is 37.7 Å². The van der Waals surface area contributed by atoms with E-state index < -0.39 is 9.71 Å². The maximum absolute atomic E-state index is 13.4. The zero-order valence-electron chi connectivity index (χ0n) is 17.9. The number of rotatable bonds is 9. The molecule has 0 aliphatic heterocycles. The van der Waals surface area contributed by atoms with Crippen LogP contribution in [0.25, 0.3) is 10.8 Å². The number of fused-ring (bicyclic) bond motifs is 1. The van der Waals surface area contributed by atoms with Crippen molar-refractivity contribution in [2.24, 2.45) is 0 Å². The Hall–Kier alpha value is -2.96. The normalized spacial score (nSPS) is 12.9. The molecule has 3 rings (SSSR count). The number of aryl methyl sites for hydroxylation is 1. The molecule has 0 aliphatic carbocycles. The summed E-state index contributed by atoms with van der Waals surface area (Å²) in [7, 11) is 1.36. The molecule has 0 bridgehead atoms. The van der Waals surface area contributed by atoms with Crippen LogP contribution < -0.4 is 20.3 Å². The van der Waals surface area contributed by atoms with Crippen LogP contribution in [0.15, 0.2) is 78.0 Å². The molecule has 0 spiro atoms. The molecule has 1 atom stereocenters. The van der Waals surface area contributed by atoms with Crippen LogP contribution in [0.4, 0.5) is 11.4 Å². The van der Waals surface area contributed by atoms with Gasteiger partial charge in [0.2, 0.25) is 0 Å². The molecule has 6 heteroatoms. The van der Waals surface area contributed by atoms with Crippen LogP contribution >= 0.6 is 0 Å². The minimum atomic E-state index is -2.65. The molecule has 0 saturated heterocycles.